The molecule has 0 saturated carbocycles. The number of allylic oxidation sites excluding steroid dienone is 6. The number of aliphatic hydroxyl groups is 2. The van der Waals surface area contributed by atoms with Gasteiger partial charge in [0.25, 0.3) is 0 Å². The monoisotopic (exact) mass is 745 g/mol. The molecule has 0 saturated heterocycles. The van der Waals surface area contributed by atoms with Crippen LogP contribution in [0.3, 0.4) is 0 Å². The van der Waals surface area contributed by atoms with Crippen LogP contribution in [-0.4, -0.2) is 66.3 Å². The van der Waals surface area contributed by atoms with Gasteiger partial charge >= 0.3 is 13.8 Å². The Hall–Kier alpha value is -1.32. The van der Waals surface area contributed by atoms with Gasteiger partial charge in [0.1, 0.15) is 12.2 Å². The van der Waals surface area contributed by atoms with Gasteiger partial charge in [0.05, 0.1) is 26.4 Å². The van der Waals surface area contributed by atoms with E-state index in [-0.39, 0.29) is 19.6 Å². The van der Waals surface area contributed by atoms with Gasteiger partial charge in [-0.1, -0.05) is 140 Å². The lowest BCUT2D eigenvalue weighted by atomic mass is 10.1. The second-order valence-electron chi connectivity index (χ2n) is 13.6. The van der Waals surface area contributed by atoms with Crippen LogP contribution in [0.25, 0.3) is 0 Å². The minimum absolute atomic E-state index is 0.0398. The summed E-state index contributed by atoms with van der Waals surface area (Å²) in [6.07, 6.45) is 39.6. The summed E-state index contributed by atoms with van der Waals surface area (Å²) in [5, 5.41) is 18.3. The molecule has 0 spiro atoms. The SMILES string of the molecule is CCC/C=C\C/C=C\CCCCCCCC(=O)OC(COCCCCCCCC/C=C\CCCCCCCCC)COP(=O)(O)OCC(O)CO. The molecule has 0 fully saturated rings. The number of ether oxygens (including phenoxy) is 2. The normalized spacial score (nSPS) is 14.5. The van der Waals surface area contributed by atoms with Crippen LogP contribution in [0.15, 0.2) is 36.5 Å². The molecule has 0 aromatic heterocycles. The Morgan fingerprint density at radius 3 is 1.67 bits per heavy atom. The van der Waals surface area contributed by atoms with Crippen molar-refractivity contribution in [2.45, 2.75) is 187 Å². The van der Waals surface area contributed by atoms with E-state index in [0.717, 1.165) is 70.6 Å². The molecule has 3 unspecified atom stereocenters. The summed E-state index contributed by atoms with van der Waals surface area (Å²) in [4.78, 5) is 22.5. The predicted octanol–water partition coefficient (Wildman–Crippen LogP) is 10.9. The summed E-state index contributed by atoms with van der Waals surface area (Å²) >= 11 is 0. The summed E-state index contributed by atoms with van der Waals surface area (Å²) < 4.78 is 33.3. The highest BCUT2D eigenvalue weighted by Gasteiger charge is 2.26. The van der Waals surface area contributed by atoms with Crippen molar-refractivity contribution in [3.63, 3.8) is 0 Å². The van der Waals surface area contributed by atoms with Crippen molar-refractivity contribution in [1.29, 1.82) is 0 Å². The highest BCUT2D eigenvalue weighted by Crippen LogP contribution is 2.43. The summed E-state index contributed by atoms with van der Waals surface area (Å²) in [5.41, 5.74) is 0. The maximum atomic E-state index is 12.6. The molecule has 0 aliphatic rings. The third kappa shape index (κ3) is 38.2. The summed E-state index contributed by atoms with van der Waals surface area (Å²) in [6, 6.07) is 0. The molecule has 0 aliphatic heterocycles. The van der Waals surface area contributed by atoms with Gasteiger partial charge in [-0.2, -0.15) is 0 Å². The number of aliphatic hydroxyl groups excluding tert-OH is 2. The lowest BCUT2D eigenvalue weighted by Gasteiger charge is -2.20. The molecule has 0 aromatic carbocycles. The Kier molecular flexibility index (Phi) is 37.4. The standard InChI is InChI=1S/C41H77O9P/c1-3-5-7-9-11-13-15-17-18-19-20-22-24-26-28-30-32-34-47-37-40(38-49-51(45,46)48-36-39(43)35-42)50-41(44)33-31-29-27-25-23-21-16-14-12-10-8-6-4-2/h8,10,14,16,18-19,39-40,42-43H,3-7,9,11-13,15,17,20-38H2,1-2H3,(H,45,46)/b10-8-,16-14-,19-18-. The first kappa shape index (κ1) is 49.7. The van der Waals surface area contributed by atoms with Crippen LogP contribution in [0, 0.1) is 0 Å². The number of unbranched alkanes of at least 4 members (excludes halogenated alkanes) is 19. The summed E-state index contributed by atoms with van der Waals surface area (Å²) in [5.74, 6) is -0.400. The zero-order valence-electron chi connectivity index (χ0n) is 32.6. The second-order valence-corrected chi connectivity index (χ2v) is 15.1. The summed E-state index contributed by atoms with van der Waals surface area (Å²) in [7, 11) is -4.52. The number of carbonyl (C=O) groups is 1. The van der Waals surface area contributed by atoms with E-state index in [9.17, 15) is 19.4 Å². The lowest BCUT2D eigenvalue weighted by Crippen LogP contribution is -2.29. The van der Waals surface area contributed by atoms with Crippen LogP contribution in [0.1, 0.15) is 174 Å². The molecule has 0 heterocycles. The molecule has 9 nitrogen and oxygen atoms in total. The Morgan fingerprint density at radius 1 is 0.608 bits per heavy atom. The lowest BCUT2D eigenvalue weighted by molar-refractivity contribution is -0.154. The molecule has 3 atom stereocenters. The third-order valence-corrected chi connectivity index (χ3v) is 9.48. The number of esters is 1. The number of hydrogen-bond donors (Lipinski definition) is 3. The van der Waals surface area contributed by atoms with E-state index >= 15 is 0 Å². The number of phosphoric ester groups is 1. The molecular weight excluding hydrogens is 667 g/mol. The molecule has 10 heteroatoms. The fourth-order valence-corrected chi connectivity index (χ4v) is 6.18. The van der Waals surface area contributed by atoms with Crippen LogP contribution in [0.5, 0.6) is 0 Å². The van der Waals surface area contributed by atoms with Crippen LogP contribution < -0.4 is 0 Å². The van der Waals surface area contributed by atoms with Gasteiger partial charge in [-0.05, 0) is 64.2 Å². The van der Waals surface area contributed by atoms with Crippen LogP contribution in [-0.2, 0) is 27.9 Å². The number of rotatable bonds is 39. The quantitative estimate of drug-likeness (QED) is 0.0243. The molecule has 300 valence electrons. The van der Waals surface area contributed by atoms with Gasteiger partial charge in [-0.25, -0.2) is 4.57 Å². The largest absolute Gasteiger partial charge is 0.472 e. The highest BCUT2D eigenvalue weighted by atomic mass is 31.2. The van der Waals surface area contributed by atoms with Crippen molar-refractivity contribution in [3.05, 3.63) is 36.5 Å². The second kappa shape index (κ2) is 38.4. The number of phosphoric acid groups is 1. The average molecular weight is 745 g/mol. The minimum atomic E-state index is -4.52. The fourth-order valence-electron chi connectivity index (χ4n) is 5.39. The van der Waals surface area contributed by atoms with E-state index in [2.05, 4.69) is 50.3 Å². The molecular formula is C41H77O9P. The van der Waals surface area contributed by atoms with E-state index in [1.807, 2.05) is 0 Å². The van der Waals surface area contributed by atoms with E-state index in [1.165, 1.54) is 77.0 Å². The van der Waals surface area contributed by atoms with E-state index in [1.54, 1.807) is 0 Å². The molecule has 0 aromatic rings. The average Bonchev–Trinajstić information content (AvgIpc) is 3.12. The molecule has 3 N–H and O–H groups in total. The molecule has 0 amide bonds. The van der Waals surface area contributed by atoms with Crippen molar-refractivity contribution in [2.24, 2.45) is 0 Å². The fraction of sp³-hybridized carbons (Fsp3) is 0.829. The van der Waals surface area contributed by atoms with Gasteiger partial charge in [0, 0.05) is 13.0 Å². The smallest absolute Gasteiger partial charge is 0.457 e. The molecule has 0 radical (unpaired) electrons. The molecule has 0 aliphatic carbocycles. The third-order valence-electron chi connectivity index (χ3n) is 8.53. The van der Waals surface area contributed by atoms with Crippen molar-refractivity contribution < 1.29 is 43.0 Å². The first-order valence-corrected chi connectivity index (χ1v) is 22.0. The van der Waals surface area contributed by atoms with Gasteiger partial charge in [-0.3, -0.25) is 13.8 Å². The van der Waals surface area contributed by atoms with E-state index in [4.69, 9.17) is 23.6 Å². The number of carbonyl (C=O) groups excluding carboxylic acids is 1. The maximum absolute atomic E-state index is 12.6. The Balaban J connectivity index is 4.21. The van der Waals surface area contributed by atoms with Crippen molar-refractivity contribution in [3.8, 4) is 0 Å². The van der Waals surface area contributed by atoms with Crippen molar-refractivity contribution in [1.82, 2.24) is 0 Å². The molecule has 51 heavy (non-hydrogen) atoms. The topological polar surface area (TPSA) is 132 Å². The van der Waals surface area contributed by atoms with Crippen LogP contribution in [0.4, 0.5) is 0 Å². The van der Waals surface area contributed by atoms with E-state index < -0.39 is 39.2 Å². The van der Waals surface area contributed by atoms with Gasteiger partial charge < -0.3 is 24.6 Å². The minimum Gasteiger partial charge on any atom is -0.457 e. The molecule has 0 bridgehead atoms. The maximum Gasteiger partial charge on any atom is 0.472 e. The van der Waals surface area contributed by atoms with Crippen molar-refractivity contribution in [2.75, 3.05) is 33.0 Å². The zero-order chi connectivity index (χ0) is 37.5. The van der Waals surface area contributed by atoms with Crippen LogP contribution in [0.2, 0.25) is 0 Å². The Bertz CT molecular complexity index is 892. The van der Waals surface area contributed by atoms with Gasteiger partial charge in [0.2, 0.25) is 0 Å². The van der Waals surface area contributed by atoms with Crippen molar-refractivity contribution >= 4 is 13.8 Å². The Labute approximate surface area is 312 Å². The molecule has 0 rings (SSSR count). The number of hydrogen-bond acceptors (Lipinski definition) is 8. The zero-order valence-corrected chi connectivity index (χ0v) is 33.5. The summed E-state index contributed by atoms with van der Waals surface area (Å²) in [6.45, 7) is 3.42. The predicted molar refractivity (Wildman–Crippen MR) is 210 cm³/mol. The van der Waals surface area contributed by atoms with Gasteiger partial charge in [0.15, 0.2) is 0 Å². The first-order chi connectivity index (χ1) is 24.8. The Morgan fingerprint density at radius 2 is 1.10 bits per heavy atom. The van der Waals surface area contributed by atoms with Crippen LogP contribution >= 0.6 is 7.82 Å². The first-order valence-electron chi connectivity index (χ1n) is 20.5. The van der Waals surface area contributed by atoms with E-state index in [0.29, 0.717) is 13.0 Å². The highest BCUT2D eigenvalue weighted by molar-refractivity contribution is 7.47. The van der Waals surface area contributed by atoms with Gasteiger partial charge in [-0.15, -0.1) is 0 Å².